The monoisotopic (exact) mass is 410 g/mol. The molecule has 1 amide bonds. The van der Waals surface area contributed by atoms with Crippen LogP contribution in [-0.4, -0.2) is 37.0 Å². The highest BCUT2D eigenvalue weighted by Crippen LogP contribution is 2.26. The number of piperazine rings is 1. The van der Waals surface area contributed by atoms with Crippen LogP contribution in [0.4, 0.5) is 0 Å². The fraction of sp³-hybridized carbons (Fsp3) is 0.231. The van der Waals surface area contributed by atoms with E-state index in [-0.39, 0.29) is 5.91 Å². The SMILES string of the molecule is N#Cc1cccc(C(=O)NCc2cccc(-c3ccccc3CN3CCNCC3)c2)c1. The van der Waals surface area contributed by atoms with Crippen LogP contribution in [0.15, 0.2) is 72.8 Å². The number of carbonyl (C=O) groups is 1. The van der Waals surface area contributed by atoms with Crippen LogP contribution in [0.5, 0.6) is 0 Å². The van der Waals surface area contributed by atoms with E-state index < -0.39 is 0 Å². The summed E-state index contributed by atoms with van der Waals surface area (Å²) < 4.78 is 0. The van der Waals surface area contributed by atoms with E-state index in [4.69, 9.17) is 5.26 Å². The van der Waals surface area contributed by atoms with Crippen molar-refractivity contribution in [1.29, 1.82) is 5.26 Å². The Hall–Kier alpha value is -3.46. The lowest BCUT2D eigenvalue weighted by molar-refractivity contribution is 0.0951. The minimum atomic E-state index is -0.179. The van der Waals surface area contributed by atoms with Gasteiger partial charge in [-0.25, -0.2) is 0 Å². The van der Waals surface area contributed by atoms with Gasteiger partial charge in [-0.15, -0.1) is 0 Å². The predicted octanol–water partition coefficient (Wildman–Crippen LogP) is 3.56. The summed E-state index contributed by atoms with van der Waals surface area (Å²) in [5, 5.41) is 15.4. The number of carbonyl (C=O) groups excluding carboxylic acids is 1. The quantitative estimate of drug-likeness (QED) is 0.652. The summed E-state index contributed by atoms with van der Waals surface area (Å²) in [6.07, 6.45) is 0. The summed E-state index contributed by atoms with van der Waals surface area (Å²) in [7, 11) is 0. The second-order valence-corrected chi connectivity index (χ2v) is 7.76. The summed E-state index contributed by atoms with van der Waals surface area (Å²) in [6.45, 7) is 5.57. The van der Waals surface area contributed by atoms with Crippen LogP contribution in [0.25, 0.3) is 11.1 Å². The van der Waals surface area contributed by atoms with Gasteiger partial charge < -0.3 is 10.6 Å². The highest BCUT2D eigenvalue weighted by molar-refractivity contribution is 5.94. The van der Waals surface area contributed by atoms with E-state index in [1.807, 2.05) is 12.1 Å². The van der Waals surface area contributed by atoms with E-state index in [0.29, 0.717) is 17.7 Å². The number of nitriles is 1. The number of benzene rings is 3. The van der Waals surface area contributed by atoms with E-state index in [0.717, 1.165) is 43.9 Å². The second kappa shape index (κ2) is 10.0. The van der Waals surface area contributed by atoms with Crippen molar-refractivity contribution in [1.82, 2.24) is 15.5 Å². The molecule has 5 nitrogen and oxygen atoms in total. The first-order valence-corrected chi connectivity index (χ1v) is 10.6. The minimum absolute atomic E-state index is 0.179. The van der Waals surface area contributed by atoms with E-state index >= 15 is 0 Å². The molecule has 1 aliphatic heterocycles. The third-order valence-electron chi connectivity index (χ3n) is 5.57. The zero-order valence-corrected chi connectivity index (χ0v) is 17.5. The van der Waals surface area contributed by atoms with Gasteiger partial charge in [0.1, 0.15) is 0 Å². The largest absolute Gasteiger partial charge is 0.348 e. The molecule has 4 rings (SSSR count). The number of hydrogen-bond donors (Lipinski definition) is 2. The molecule has 31 heavy (non-hydrogen) atoms. The number of hydrogen-bond acceptors (Lipinski definition) is 4. The van der Waals surface area contributed by atoms with Crippen LogP contribution in [0.2, 0.25) is 0 Å². The van der Waals surface area contributed by atoms with Crippen LogP contribution >= 0.6 is 0 Å². The standard InChI is InChI=1S/C26H26N4O/c27-17-20-5-3-9-23(15-20)26(31)29-18-21-6-4-8-22(16-21)25-10-2-1-7-24(25)19-30-13-11-28-12-14-30/h1-10,15-16,28H,11-14,18-19H2,(H,29,31). The lowest BCUT2D eigenvalue weighted by atomic mass is 9.97. The third-order valence-corrected chi connectivity index (χ3v) is 5.57. The van der Waals surface area contributed by atoms with Crippen molar-refractivity contribution in [3.05, 3.63) is 95.1 Å². The maximum absolute atomic E-state index is 12.5. The Kier molecular flexibility index (Phi) is 6.73. The van der Waals surface area contributed by atoms with Gasteiger partial charge in [-0.3, -0.25) is 9.69 Å². The first-order valence-electron chi connectivity index (χ1n) is 10.6. The number of nitrogens with zero attached hydrogens (tertiary/aromatic N) is 2. The molecule has 0 aliphatic carbocycles. The van der Waals surface area contributed by atoms with E-state index in [9.17, 15) is 4.79 Å². The molecule has 3 aromatic carbocycles. The van der Waals surface area contributed by atoms with Gasteiger partial charge in [0.05, 0.1) is 11.6 Å². The van der Waals surface area contributed by atoms with E-state index in [1.54, 1.807) is 24.3 Å². The van der Waals surface area contributed by atoms with Gasteiger partial charge in [0.2, 0.25) is 0 Å². The predicted molar refractivity (Wildman–Crippen MR) is 122 cm³/mol. The van der Waals surface area contributed by atoms with Crippen LogP contribution in [-0.2, 0) is 13.1 Å². The third kappa shape index (κ3) is 5.37. The van der Waals surface area contributed by atoms with Gasteiger partial charge in [-0.05, 0) is 46.5 Å². The minimum Gasteiger partial charge on any atom is -0.348 e. The van der Waals surface area contributed by atoms with Crippen molar-refractivity contribution in [2.45, 2.75) is 13.1 Å². The molecule has 1 heterocycles. The summed E-state index contributed by atoms with van der Waals surface area (Å²) in [5.74, 6) is -0.179. The molecule has 1 aliphatic rings. The molecule has 0 spiro atoms. The molecule has 3 aromatic rings. The van der Waals surface area contributed by atoms with Gasteiger partial charge >= 0.3 is 0 Å². The molecule has 2 N–H and O–H groups in total. The van der Waals surface area contributed by atoms with Crippen molar-refractivity contribution in [3.63, 3.8) is 0 Å². The van der Waals surface area contributed by atoms with Gasteiger partial charge in [-0.1, -0.05) is 48.5 Å². The molecule has 0 atom stereocenters. The van der Waals surface area contributed by atoms with Crippen molar-refractivity contribution in [2.75, 3.05) is 26.2 Å². The molecule has 0 radical (unpaired) electrons. The molecular weight excluding hydrogens is 384 g/mol. The Morgan fingerprint density at radius 3 is 2.65 bits per heavy atom. The van der Waals surface area contributed by atoms with E-state index in [1.165, 1.54) is 11.1 Å². The normalized spacial score (nSPS) is 14.0. The maximum atomic E-state index is 12.5. The Morgan fingerprint density at radius 2 is 1.81 bits per heavy atom. The fourth-order valence-electron chi connectivity index (χ4n) is 3.91. The molecule has 0 aromatic heterocycles. The number of nitrogens with one attached hydrogen (secondary N) is 2. The van der Waals surface area contributed by atoms with Gasteiger partial charge in [0.25, 0.3) is 5.91 Å². The smallest absolute Gasteiger partial charge is 0.251 e. The Bertz CT molecular complexity index is 1100. The molecule has 1 fully saturated rings. The number of rotatable bonds is 6. The zero-order chi connectivity index (χ0) is 21.5. The molecule has 156 valence electrons. The first kappa shape index (κ1) is 20.8. The highest BCUT2D eigenvalue weighted by atomic mass is 16.1. The Morgan fingerprint density at radius 1 is 1.00 bits per heavy atom. The molecule has 0 saturated carbocycles. The van der Waals surface area contributed by atoms with Crippen LogP contribution < -0.4 is 10.6 Å². The average Bonchev–Trinajstić information content (AvgIpc) is 2.84. The Labute approximate surface area is 183 Å². The number of amides is 1. The van der Waals surface area contributed by atoms with Crippen LogP contribution in [0.1, 0.15) is 27.0 Å². The topological polar surface area (TPSA) is 68.2 Å². The lowest BCUT2D eigenvalue weighted by Crippen LogP contribution is -2.42. The molecular formula is C26H26N4O. The van der Waals surface area contributed by atoms with Gasteiger partial charge in [0.15, 0.2) is 0 Å². The van der Waals surface area contributed by atoms with Crippen molar-refractivity contribution in [3.8, 4) is 17.2 Å². The zero-order valence-electron chi connectivity index (χ0n) is 17.5. The highest BCUT2D eigenvalue weighted by Gasteiger charge is 2.13. The van der Waals surface area contributed by atoms with Gasteiger partial charge in [0, 0.05) is 44.8 Å². The summed E-state index contributed by atoms with van der Waals surface area (Å²) in [5.41, 5.74) is 5.73. The second-order valence-electron chi connectivity index (χ2n) is 7.76. The molecule has 0 unspecified atom stereocenters. The van der Waals surface area contributed by atoms with Crippen molar-refractivity contribution < 1.29 is 4.79 Å². The maximum Gasteiger partial charge on any atom is 0.251 e. The molecule has 1 saturated heterocycles. The summed E-state index contributed by atoms with van der Waals surface area (Å²) in [4.78, 5) is 15.0. The lowest BCUT2D eigenvalue weighted by Gasteiger charge is -2.28. The van der Waals surface area contributed by atoms with Crippen LogP contribution in [0, 0.1) is 11.3 Å². The fourth-order valence-corrected chi connectivity index (χ4v) is 3.91. The first-order chi connectivity index (χ1) is 15.2. The summed E-state index contributed by atoms with van der Waals surface area (Å²) >= 11 is 0. The Balaban J connectivity index is 1.47. The van der Waals surface area contributed by atoms with Gasteiger partial charge in [-0.2, -0.15) is 5.26 Å². The summed E-state index contributed by atoms with van der Waals surface area (Å²) in [6, 6.07) is 25.7. The molecule has 0 bridgehead atoms. The molecule has 5 heteroatoms. The average molecular weight is 411 g/mol. The van der Waals surface area contributed by atoms with Crippen LogP contribution in [0.3, 0.4) is 0 Å². The van der Waals surface area contributed by atoms with E-state index in [2.05, 4.69) is 58.0 Å². The van der Waals surface area contributed by atoms with Crippen molar-refractivity contribution in [2.24, 2.45) is 0 Å². The van der Waals surface area contributed by atoms with Crippen molar-refractivity contribution >= 4 is 5.91 Å².